The Hall–Kier alpha value is -3.66. The van der Waals surface area contributed by atoms with Gasteiger partial charge in [0.25, 0.3) is 0 Å². The lowest BCUT2D eigenvalue weighted by atomic mass is 10.0. The van der Waals surface area contributed by atoms with Gasteiger partial charge in [-0.2, -0.15) is 0 Å². The van der Waals surface area contributed by atoms with Crippen molar-refractivity contribution in [1.82, 2.24) is 5.06 Å². The molecule has 0 aliphatic rings. The molecule has 0 aliphatic heterocycles. The molecule has 3 atom stereocenters. The van der Waals surface area contributed by atoms with Crippen LogP contribution >= 0.6 is 7.60 Å². The normalized spacial score (nSPS) is 13.5. The molecule has 0 N–H and O–H groups in total. The third kappa shape index (κ3) is 12.5. The van der Waals surface area contributed by atoms with E-state index in [1.807, 2.05) is 121 Å². The zero-order valence-electron chi connectivity index (χ0n) is 27.0. The van der Waals surface area contributed by atoms with Gasteiger partial charge in [-0.15, -0.1) is 0 Å². The molecular weight excluding hydrogens is 617 g/mol. The van der Waals surface area contributed by atoms with E-state index in [0.29, 0.717) is 6.41 Å². The molecule has 9 nitrogen and oxygen atoms in total. The number of benzene rings is 4. The number of hydroxylamine groups is 2. The smallest absolute Gasteiger partial charge is 0.330 e. The topological polar surface area (TPSA) is 92.8 Å². The summed E-state index contributed by atoms with van der Waals surface area (Å²) in [6.07, 6.45) is -1.10. The molecule has 4 aromatic carbocycles. The van der Waals surface area contributed by atoms with Crippen molar-refractivity contribution >= 4 is 14.0 Å². The fourth-order valence-corrected chi connectivity index (χ4v) is 6.03. The second-order valence-corrected chi connectivity index (χ2v) is 13.3. The Morgan fingerprint density at radius 3 is 1.43 bits per heavy atom. The lowest BCUT2D eigenvalue weighted by Crippen LogP contribution is -2.48. The molecule has 47 heavy (non-hydrogen) atoms. The van der Waals surface area contributed by atoms with Crippen molar-refractivity contribution < 1.29 is 37.5 Å². The molecule has 10 heteroatoms. The van der Waals surface area contributed by atoms with E-state index in [-0.39, 0.29) is 45.6 Å². The first-order valence-corrected chi connectivity index (χ1v) is 17.3. The Morgan fingerprint density at radius 1 is 0.596 bits per heavy atom. The van der Waals surface area contributed by atoms with Crippen molar-refractivity contribution in [3.63, 3.8) is 0 Å². The molecule has 0 unspecified atom stereocenters. The number of ether oxygens (including phenoxy) is 3. The third-order valence-corrected chi connectivity index (χ3v) is 9.51. The molecule has 0 spiro atoms. The van der Waals surface area contributed by atoms with Gasteiger partial charge in [-0.05, 0) is 28.7 Å². The van der Waals surface area contributed by atoms with Crippen LogP contribution in [-0.2, 0) is 63.9 Å². The largest absolute Gasteiger partial charge is 0.371 e. The number of carbonyl (C=O) groups is 1. The third-order valence-electron chi connectivity index (χ3n) is 7.59. The minimum absolute atomic E-state index is 0.0417. The highest BCUT2D eigenvalue weighted by molar-refractivity contribution is 7.53. The molecule has 250 valence electrons. The first kappa shape index (κ1) is 36.2. The van der Waals surface area contributed by atoms with Gasteiger partial charge in [-0.25, -0.2) is 5.06 Å². The molecule has 0 saturated heterocycles. The van der Waals surface area contributed by atoms with Crippen LogP contribution in [0.2, 0.25) is 0 Å². The number of carbonyl (C=O) groups excluding carboxylic acids is 1. The van der Waals surface area contributed by atoms with Crippen LogP contribution in [0.4, 0.5) is 0 Å². The van der Waals surface area contributed by atoms with Gasteiger partial charge in [0.1, 0.15) is 18.8 Å². The molecule has 0 heterocycles. The van der Waals surface area contributed by atoms with Crippen LogP contribution in [0, 0.1) is 0 Å². The van der Waals surface area contributed by atoms with Crippen LogP contribution in [0.3, 0.4) is 0 Å². The van der Waals surface area contributed by atoms with Crippen molar-refractivity contribution in [3.8, 4) is 0 Å². The Bertz CT molecular complexity index is 1460. The van der Waals surface area contributed by atoms with E-state index in [1.165, 1.54) is 19.3 Å². The maximum absolute atomic E-state index is 13.2. The zero-order valence-corrected chi connectivity index (χ0v) is 27.9. The van der Waals surface area contributed by atoms with E-state index in [4.69, 9.17) is 28.1 Å². The molecule has 0 aromatic heterocycles. The number of hydrogen-bond acceptors (Lipinski definition) is 8. The average Bonchev–Trinajstić information content (AvgIpc) is 3.14. The fourth-order valence-electron chi connectivity index (χ4n) is 4.95. The van der Waals surface area contributed by atoms with Crippen LogP contribution < -0.4 is 0 Å². The Morgan fingerprint density at radius 2 is 1.00 bits per heavy atom. The Balaban J connectivity index is 1.66. The van der Waals surface area contributed by atoms with Gasteiger partial charge in [0, 0.05) is 14.2 Å². The van der Waals surface area contributed by atoms with Gasteiger partial charge in [0.15, 0.2) is 0 Å². The standard InChI is InChI=1S/C37H44NO8P/c1-41-47(40,42-2)24-23-35(43-26-31-15-7-3-8-16-31)37(45-28-33-19-11-5-12-20-33)36(44-27-32-17-9-4-10-18-32)25-38(30-39)46-29-34-21-13-6-14-22-34/h3-22,30,35-37H,23-29H2,1-2H3/t35-,36-,37+/m1/s1. The number of nitrogens with zero attached hydrogens (tertiary/aromatic N) is 1. The first-order chi connectivity index (χ1) is 23.0. The highest BCUT2D eigenvalue weighted by Gasteiger charge is 2.36. The fraction of sp³-hybridized carbons (Fsp3) is 0.324. The minimum atomic E-state index is -3.39. The van der Waals surface area contributed by atoms with E-state index < -0.39 is 25.9 Å². The number of amides is 1. The molecule has 4 rings (SSSR count). The van der Waals surface area contributed by atoms with Crippen LogP contribution in [0.1, 0.15) is 28.7 Å². The Labute approximate surface area is 277 Å². The molecule has 0 aliphatic carbocycles. The van der Waals surface area contributed by atoms with E-state index >= 15 is 0 Å². The average molecular weight is 662 g/mol. The van der Waals surface area contributed by atoms with E-state index in [1.54, 1.807) is 0 Å². The maximum Gasteiger partial charge on any atom is 0.330 e. The second-order valence-electron chi connectivity index (χ2n) is 10.9. The van der Waals surface area contributed by atoms with Crippen molar-refractivity contribution in [2.75, 3.05) is 26.9 Å². The molecular formula is C37H44NO8P. The van der Waals surface area contributed by atoms with Gasteiger partial charge < -0.3 is 23.3 Å². The van der Waals surface area contributed by atoms with Crippen molar-refractivity contribution in [2.45, 2.75) is 51.2 Å². The van der Waals surface area contributed by atoms with Gasteiger partial charge >= 0.3 is 7.60 Å². The summed E-state index contributed by atoms with van der Waals surface area (Å²) in [6.45, 7) is 1.01. The van der Waals surface area contributed by atoms with Gasteiger partial charge in [0.2, 0.25) is 6.41 Å². The zero-order chi connectivity index (χ0) is 33.2. The summed E-state index contributed by atoms with van der Waals surface area (Å²) in [5, 5.41) is 1.23. The van der Waals surface area contributed by atoms with Crippen LogP contribution in [0.5, 0.6) is 0 Å². The summed E-state index contributed by atoms with van der Waals surface area (Å²) in [7, 11) is -0.654. The van der Waals surface area contributed by atoms with Crippen molar-refractivity contribution in [3.05, 3.63) is 144 Å². The minimum Gasteiger partial charge on any atom is -0.371 e. The molecule has 0 radical (unpaired) electrons. The van der Waals surface area contributed by atoms with Gasteiger partial charge in [-0.1, -0.05) is 121 Å². The summed E-state index contributed by atoms with van der Waals surface area (Å²) in [6, 6.07) is 38.9. The summed E-state index contributed by atoms with van der Waals surface area (Å²) in [5.41, 5.74) is 3.78. The quantitative estimate of drug-likeness (QED) is 0.0496. The molecule has 4 aromatic rings. The van der Waals surface area contributed by atoms with Gasteiger partial charge in [-0.3, -0.25) is 14.2 Å². The molecule has 0 saturated carbocycles. The number of hydrogen-bond donors (Lipinski definition) is 0. The summed E-state index contributed by atoms with van der Waals surface area (Å²) in [5.74, 6) is 0. The monoisotopic (exact) mass is 661 g/mol. The van der Waals surface area contributed by atoms with Crippen molar-refractivity contribution in [2.24, 2.45) is 0 Å². The molecule has 1 amide bonds. The van der Waals surface area contributed by atoms with Crippen LogP contribution in [-0.4, -0.2) is 56.7 Å². The number of rotatable bonds is 22. The lowest BCUT2D eigenvalue weighted by molar-refractivity contribution is -0.208. The van der Waals surface area contributed by atoms with E-state index in [2.05, 4.69) is 0 Å². The molecule has 0 fully saturated rings. The summed E-state index contributed by atoms with van der Waals surface area (Å²) >= 11 is 0. The maximum atomic E-state index is 13.2. The lowest BCUT2D eigenvalue weighted by Gasteiger charge is -2.35. The SMILES string of the molecule is COP(=O)(CC[C@@H](OCc1ccccc1)[C@H](OCc1ccccc1)[C@@H](CN(C=O)OCc1ccccc1)OCc1ccccc1)OC. The van der Waals surface area contributed by atoms with E-state index in [0.717, 1.165) is 22.3 Å². The van der Waals surface area contributed by atoms with Crippen molar-refractivity contribution in [1.29, 1.82) is 0 Å². The summed E-state index contributed by atoms with van der Waals surface area (Å²) in [4.78, 5) is 18.3. The molecule has 0 bridgehead atoms. The first-order valence-electron chi connectivity index (χ1n) is 15.6. The van der Waals surface area contributed by atoms with Gasteiger partial charge in [0.05, 0.1) is 38.6 Å². The highest BCUT2D eigenvalue weighted by atomic mass is 31.2. The summed E-state index contributed by atoms with van der Waals surface area (Å²) < 4.78 is 43.5. The second kappa shape index (κ2) is 19.9. The highest BCUT2D eigenvalue weighted by Crippen LogP contribution is 2.47. The van der Waals surface area contributed by atoms with E-state index in [9.17, 15) is 9.36 Å². The van der Waals surface area contributed by atoms with Crippen LogP contribution in [0.25, 0.3) is 0 Å². The predicted molar refractivity (Wildman–Crippen MR) is 180 cm³/mol. The predicted octanol–water partition coefficient (Wildman–Crippen LogP) is 7.21. The Kier molecular flexibility index (Phi) is 15.3. The van der Waals surface area contributed by atoms with Crippen LogP contribution in [0.15, 0.2) is 121 Å².